The number of aryl methyl sites for hydroxylation is 1. The summed E-state index contributed by atoms with van der Waals surface area (Å²) in [4.78, 5) is 4.21. The number of nitrogens with two attached hydrogens (primary N) is 1. The molecule has 1 heterocycles. The topological polar surface area (TPSA) is 88.3 Å². The number of hydrogen-bond acceptors (Lipinski definition) is 6. The molecule has 0 radical (unpaired) electrons. The third-order valence-electron chi connectivity index (χ3n) is 2.16. The fraction of sp³-hybridized carbons (Fsp3) is 0.700. The van der Waals surface area contributed by atoms with Crippen molar-refractivity contribution in [3.05, 3.63) is 5.69 Å². The zero-order valence-electron chi connectivity index (χ0n) is 11.3. The van der Waals surface area contributed by atoms with E-state index in [1.807, 2.05) is 13.8 Å². The number of anilines is 1. The summed E-state index contributed by atoms with van der Waals surface area (Å²) in [6.07, 6.45) is 0. The van der Waals surface area contributed by atoms with Gasteiger partial charge < -0.3 is 11.1 Å². The van der Waals surface area contributed by atoms with E-state index < -0.39 is 10.0 Å². The average Bonchev–Trinajstić information content (AvgIpc) is 2.56. The molecule has 104 valence electrons. The number of nitrogens with zero attached hydrogens (tertiary/aromatic N) is 2. The van der Waals surface area contributed by atoms with Gasteiger partial charge in [-0.1, -0.05) is 11.3 Å². The van der Waals surface area contributed by atoms with Gasteiger partial charge in [0.15, 0.2) is 9.34 Å². The van der Waals surface area contributed by atoms with Crippen molar-refractivity contribution in [1.82, 2.24) is 9.29 Å². The molecule has 0 fully saturated rings. The van der Waals surface area contributed by atoms with Crippen LogP contribution in [0.25, 0.3) is 0 Å². The van der Waals surface area contributed by atoms with Crippen molar-refractivity contribution < 1.29 is 8.42 Å². The van der Waals surface area contributed by atoms with Crippen molar-refractivity contribution in [2.24, 2.45) is 5.73 Å². The van der Waals surface area contributed by atoms with Gasteiger partial charge in [0.25, 0.3) is 10.0 Å². The Labute approximate surface area is 112 Å². The fourth-order valence-electron chi connectivity index (χ4n) is 1.17. The number of rotatable bonds is 5. The molecule has 0 unspecified atom stereocenters. The molecule has 3 N–H and O–H groups in total. The van der Waals surface area contributed by atoms with E-state index in [-0.39, 0.29) is 9.75 Å². The standard InChI is InChI=1S/C10H20N4O2S2/c1-7-8(18(15,16)14(4)5)17-9(13-7)12-6-10(2,3)11/h6,11H2,1-5H3,(H,12,13). The number of thiazole rings is 1. The van der Waals surface area contributed by atoms with Crippen molar-refractivity contribution in [1.29, 1.82) is 0 Å². The Morgan fingerprint density at radius 1 is 1.44 bits per heavy atom. The van der Waals surface area contributed by atoms with E-state index >= 15 is 0 Å². The lowest BCUT2D eigenvalue weighted by Gasteiger charge is -2.18. The zero-order chi connectivity index (χ0) is 14.1. The van der Waals surface area contributed by atoms with Gasteiger partial charge in [0.1, 0.15) is 0 Å². The summed E-state index contributed by atoms with van der Waals surface area (Å²) in [6.45, 7) is 5.99. The molecule has 0 saturated carbocycles. The molecule has 0 amide bonds. The van der Waals surface area contributed by atoms with E-state index in [0.29, 0.717) is 17.4 Å². The summed E-state index contributed by atoms with van der Waals surface area (Å²) in [6, 6.07) is 0. The van der Waals surface area contributed by atoms with E-state index in [1.165, 1.54) is 18.4 Å². The molecule has 0 spiro atoms. The molecule has 8 heteroatoms. The summed E-state index contributed by atoms with van der Waals surface area (Å²) in [7, 11) is -0.413. The Kier molecular flexibility index (Phi) is 4.37. The lowest BCUT2D eigenvalue weighted by molar-refractivity contribution is 0.522. The minimum absolute atomic E-state index is 0.268. The van der Waals surface area contributed by atoms with Crippen molar-refractivity contribution in [3.8, 4) is 0 Å². The lowest BCUT2D eigenvalue weighted by atomic mass is 10.1. The molecule has 1 rings (SSSR count). The van der Waals surface area contributed by atoms with E-state index in [1.54, 1.807) is 6.92 Å². The highest BCUT2D eigenvalue weighted by Crippen LogP contribution is 2.28. The minimum atomic E-state index is -3.42. The van der Waals surface area contributed by atoms with Crippen LogP contribution >= 0.6 is 11.3 Å². The second-order valence-corrected chi connectivity index (χ2v) is 8.37. The zero-order valence-corrected chi connectivity index (χ0v) is 12.9. The average molecular weight is 292 g/mol. The normalized spacial score (nSPS) is 13.1. The first kappa shape index (κ1) is 15.4. The molecule has 0 aromatic carbocycles. The van der Waals surface area contributed by atoms with Crippen molar-refractivity contribution in [3.63, 3.8) is 0 Å². The second-order valence-electron chi connectivity index (χ2n) is 5.02. The van der Waals surface area contributed by atoms with Gasteiger partial charge in [-0.05, 0) is 20.8 Å². The summed E-state index contributed by atoms with van der Waals surface area (Å²) in [5, 5.41) is 3.63. The molecular weight excluding hydrogens is 272 g/mol. The highest BCUT2D eigenvalue weighted by molar-refractivity contribution is 7.91. The van der Waals surface area contributed by atoms with Crippen LogP contribution in [0, 0.1) is 6.92 Å². The third kappa shape index (κ3) is 3.64. The molecule has 18 heavy (non-hydrogen) atoms. The van der Waals surface area contributed by atoms with Gasteiger partial charge in [0.2, 0.25) is 0 Å². The maximum absolute atomic E-state index is 12.0. The molecule has 0 aliphatic heterocycles. The van der Waals surface area contributed by atoms with Gasteiger partial charge in [0.05, 0.1) is 5.69 Å². The Balaban J connectivity index is 2.96. The molecule has 0 aliphatic carbocycles. The maximum Gasteiger partial charge on any atom is 0.254 e. The largest absolute Gasteiger partial charge is 0.360 e. The molecule has 1 aromatic heterocycles. The van der Waals surface area contributed by atoms with E-state index in [2.05, 4.69) is 10.3 Å². The molecule has 0 saturated heterocycles. The molecule has 0 bridgehead atoms. The molecule has 0 aliphatic rings. The van der Waals surface area contributed by atoms with Crippen LogP contribution in [0.15, 0.2) is 4.21 Å². The van der Waals surface area contributed by atoms with Crippen LogP contribution in [-0.2, 0) is 10.0 Å². The molecule has 0 atom stereocenters. The van der Waals surface area contributed by atoms with Crippen LogP contribution in [-0.4, -0.2) is 43.9 Å². The second kappa shape index (κ2) is 5.12. The van der Waals surface area contributed by atoms with Crippen LogP contribution < -0.4 is 11.1 Å². The van der Waals surface area contributed by atoms with Gasteiger partial charge in [0, 0.05) is 26.2 Å². The Bertz CT molecular complexity index is 514. The number of sulfonamides is 1. The predicted octanol–water partition coefficient (Wildman–Crippen LogP) is 0.851. The first-order valence-corrected chi connectivity index (χ1v) is 7.72. The smallest absolute Gasteiger partial charge is 0.254 e. The van der Waals surface area contributed by atoms with E-state index in [4.69, 9.17) is 5.73 Å². The van der Waals surface area contributed by atoms with Gasteiger partial charge in [-0.3, -0.25) is 0 Å². The summed E-state index contributed by atoms with van der Waals surface area (Å²) < 4.78 is 25.5. The number of nitrogens with one attached hydrogen (secondary N) is 1. The van der Waals surface area contributed by atoms with Crippen molar-refractivity contribution in [2.75, 3.05) is 26.0 Å². The lowest BCUT2D eigenvalue weighted by Crippen LogP contribution is -2.39. The van der Waals surface area contributed by atoms with Gasteiger partial charge >= 0.3 is 0 Å². The van der Waals surface area contributed by atoms with Crippen LogP contribution in [0.4, 0.5) is 5.13 Å². The van der Waals surface area contributed by atoms with Gasteiger partial charge in [-0.15, -0.1) is 0 Å². The monoisotopic (exact) mass is 292 g/mol. The van der Waals surface area contributed by atoms with Crippen LogP contribution in [0.5, 0.6) is 0 Å². The fourth-order valence-corrected chi connectivity index (χ4v) is 3.72. The van der Waals surface area contributed by atoms with E-state index in [9.17, 15) is 8.42 Å². The number of aromatic nitrogens is 1. The van der Waals surface area contributed by atoms with Gasteiger partial charge in [-0.2, -0.15) is 0 Å². The summed E-state index contributed by atoms with van der Waals surface area (Å²) in [5.74, 6) is 0. The maximum atomic E-state index is 12.0. The highest BCUT2D eigenvalue weighted by Gasteiger charge is 2.24. The first-order valence-electron chi connectivity index (χ1n) is 5.47. The molecular formula is C10H20N4O2S2. The predicted molar refractivity (Wildman–Crippen MR) is 74.5 cm³/mol. The van der Waals surface area contributed by atoms with Crippen LogP contribution in [0.3, 0.4) is 0 Å². The SMILES string of the molecule is Cc1nc(NCC(C)(C)N)sc1S(=O)(=O)N(C)C. The third-order valence-corrected chi connectivity index (χ3v) is 5.68. The Morgan fingerprint density at radius 3 is 2.44 bits per heavy atom. The summed E-state index contributed by atoms with van der Waals surface area (Å²) >= 11 is 1.13. The van der Waals surface area contributed by atoms with Crippen molar-refractivity contribution in [2.45, 2.75) is 30.5 Å². The summed E-state index contributed by atoms with van der Waals surface area (Å²) in [5.41, 5.74) is 5.98. The Morgan fingerprint density at radius 2 is 2.00 bits per heavy atom. The minimum Gasteiger partial charge on any atom is -0.360 e. The highest BCUT2D eigenvalue weighted by atomic mass is 32.2. The van der Waals surface area contributed by atoms with Gasteiger partial charge in [-0.25, -0.2) is 17.7 Å². The van der Waals surface area contributed by atoms with Crippen LogP contribution in [0.2, 0.25) is 0 Å². The quantitative estimate of drug-likeness (QED) is 0.840. The first-order chi connectivity index (χ1) is 8.04. The van der Waals surface area contributed by atoms with Crippen LogP contribution in [0.1, 0.15) is 19.5 Å². The Hall–Kier alpha value is -0.700. The number of hydrogen-bond donors (Lipinski definition) is 2. The molecule has 6 nitrogen and oxygen atoms in total. The van der Waals surface area contributed by atoms with E-state index in [0.717, 1.165) is 11.3 Å². The molecule has 1 aromatic rings. The van der Waals surface area contributed by atoms with Crippen molar-refractivity contribution >= 4 is 26.5 Å².